The summed E-state index contributed by atoms with van der Waals surface area (Å²) in [6, 6.07) is 1.25. The Morgan fingerprint density at radius 1 is 1.47 bits per heavy atom. The highest BCUT2D eigenvalue weighted by Crippen LogP contribution is 2.25. The van der Waals surface area contributed by atoms with Crippen LogP contribution in [0, 0.1) is 0 Å². The molecular formula is C9H10BrN3O5S. The fourth-order valence-electron chi connectivity index (χ4n) is 1.34. The largest absolute Gasteiger partial charge is 0.450 e. The third-order valence-corrected chi connectivity index (χ3v) is 4.51. The Morgan fingerprint density at radius 2 is 2.26 bits per heavy atom. The first-order chi connectivity index (χ1) is 9.03. The zero-order valence-corrected chi connectivity index (χ0v) is 11.9. The molecule has 2 heterocycles. The van der Waals surface area contributed by atoms with E-state index in [1.165, 1.54) is 12.4 Å². The Labute approximate surface area is 117 Å². The maximum absolute atomic E-state index is 12.0. The van der Waals surface area contributed by atoms with Crippen LogP contribution in [0.25, 0.3) is 0 Å². The second-order valence-corrected chi connectivity index (χ2v) is 5.95. The number of nitrogens with one attached hydrogen (secondary N) is 1. The molecule has 0 aliphatic carbocycles. The van der Waals surface area contributed by atoms with Gasteiger partial charge in [-0.25, -0.2) is 13.1 Å². The normalized spacial score (nSPS) is 11.9. The zero-order chi connectivity index (χ0) is 13.9. The quantitative estimate of drug-likeness (QED) is 0.774. The van der Waals surface area contributed by atoms with E-state index >= 15 is 0 Å². The molecule has 0 amide bonds. The zero-order valence-electron chi connectivity index (χ0n) is 9.54. The van der Waals surface area contributed by atoms with Gasteiger partial charge in [-0.15, -0.1) is 0 Å². The van der Waals surface area contributed by atoms with Crippen molar-refractivity contribution in [2.45, 2.75) is 17.9 Å². The van der Waals surface area contributed by atoms with Gasteiger partial charge in [0.15, 0.2) is 11.0 Å². The van der Waals surface area contributed by atoms with Gasteiger partial charge in [0.05, 0.1) is 0 Å². The van der Waals surface area contributed by atoms with Crippen molar-refractivity contribution in [3.8, 4) is 0 Å². The second kappa shape index (κ2) is 5.82. The minimum atomic E-state index is -3.73. The molecule has 19 heavy (non-hydrogen) atoms. The van der Waals surface area contributed by atoms with Gasteiger partial charge < -0.3 is 14.0 Å². The highest BCUT2D eigenvalue weighted by Gasteiger charge is 2.22. The first-order valence-corrected chi connectivity index (χ1v) is 7.45. The lowest BCUT2D eigenvalue weighted by molar-refractivity contribution is 0.245. The van der Waals surface area contributed by atoms with E-state index in [0.29, 0.717) is 5.89 Å². The summed E-state index contributed by atoms with van der Waals surface area (Å²) in [6.07, 6.45) is 1.52. The topological polar surface area (TPSA) is 118 Å². The standard InChI is InChI=1S/C9H10BrN3O5S/c10-9-7(3-6(4-14)17-9)19(15,16)13-2-1-8-11-5-12-18-8/h3,5,13-14H,1-2,4H2. The van der Waals surface area contributed by atoms with Crippen LogP contribution in [0.1, 0.15) is 11.7 Å². The van der Waals surface area contributed by atoms with Crippen molar-refractivity contribution in [3.05, 3.63) is 28.7 Å². The van der Waals surface area contributed by atoms with Crippen molar-refractivity contribution >= 4 is 26.0 Å². The van der Waals surface area contributed by atoms with Crippen LogP contribution >= 0.6 is 15.9 Å². The Kier molecular flexibility index (Phi) is 4.34. The highest BCUT2D eigenvalue weighted by molar-refractivity contribution is 9.10. The monoisotopic (exact) mass is 351 g/mol. The molecule has 2 aromatic heterocycles. The van der Waals surface area contributed by atoms with E-state index < -0.39 is 10.0 Å². The summed E-state index contributed by atoms with van der Waals surface area (Å²) in [5, 5.41) is 12.3. The molecule has 0 bridgehead atoms. The van der Waals surface area contributed by atoms with Gasteiger partial charge in [0.25, 0.3) is 0 Å². The maximum Gasteiger partial charge on any atom is 0.244 e. The minimum absolute atomic E-state index is 0.0434. The third kappa shape index (κ3) is 3.41. The molecule has 2 rings (SSSR count). The van der Waals surface area contributed by atoms with Gasteiger partial charge in [0.1, 0.15) is 17.3 Å². The molecule has 8 nitrogen and oxygen atoms in total. The molecule has 0 radical (unpaired) electrons. The molecule has 0 aromatic carbocycles. The predicted octanol–water partition coefficient (Wildman–Crippen LogP) is 0.438. The van der Waals surface area contributed by atoms with Crippen molar-refractivity contribution in [1.82, 2.24) is 14.9 Å². The van der Waals surface area contributed by atoms with Crippen LogP contribution in [-0.4, -0.2) is 30.2 Å². The molecule has 0 aliphatic heterocycles. The molecule has 0 unspecified atom stereocenters. The molecule has 10 heteroatoms. The van der Waals surface area contributed by atoms with Gasteiger partial charge in [0.2, 0.25) is 15.9 Å². The molecular weight excluding hydrogens is 342 g/mol. The van der Waals surface area contributed by atoms with Gasteiger partial charge in [0, 0.05) is 19.0 Å². The number of aliphatic hydroxyl groups is 1. The Morgan fingerprint density at radius 3 is 2.84 bits per heavy atom. The number of halogens is 1. The number of aliphatic hydroxyl groups excluding tert-OH is 1. The molecule has 0 aliphatic rings. The number of aromatic nitrogens is 2. The van der Waals surface area contributed by atoms with Crippen molar-refractivity contribution in [2.75, 3.05) is 6.54 Å². The number of hydrogen-bond acceptors (Lipinski definition) is 7. The Bertz CT molecular complexity index is 637. The molecule has 0 fully saturated rings. The van der Waals surface area contributed by atoms with Crippen LogP contribution in [0.4, 0.5) is 0 Å². The lowest BCUT2D eigenvalue weighted by atomic mass is 10.4. The number of sulfonamides is 1. The highest BCUT2D eigenvalue weighted by atomic mass is 79.9. The van der Waals surface area contributed by atoms with Gasteiger partial charge in [-0.05, 0) is 15.9 Å². The first-order valence-electron chi connectivity index (χ1n) is 5.17. The van der Waals surface area contributed by atoms with Crippen molar-refractivity contribution in [1.29, 1.82) is 0 Å². The molecule has 0 atom stereocenters. The number of hydrogen-bond donors (Lipinski definition) is 2. The Hall–Kier alpha value is -1.23. The van der Waals surface area contributed by atoms with Gasteiger partial charge >= 0.3 is 0 Å². The Balaban J connectivity index is 2.03. The van der Waals surface area contributed by atoms with E-state index in [0.717, 1.165) is 0 Å². The van der Waals surface area contributed by atoms with Crippen molar-refractivity contribution < 1.29 is 22.5 Å². The lowest BCUT2D eigenvalue weighted by Crippen LogP contribution is -2.26. The summed E-state index contributed by atoms with van der Waals surface area (Å²) in [5.74, 6) is 0.495. The van der Waals surface area contributed by atoms with E-state index in [2.05, 4.69) is 30.8 Å². The third-order valence-electron chi connectivity index (χ3n) is 2.19. The summed E-state index contributed by atoms with van der Waals surface area (Å²) in [5.41, 5.74) is 0. The molecule has 104 valence electrons. The van der Waals surface area contributed by atoms with Gasteiger partial charge in [-0.1, -0.05) is 5.16 Å². The SMILES string of the molecule is O=S(=O)(NCCc1ncno1)c1cc(CO)oc1Br. The maximum atomic E-state index is 12.0. The fraction of sp³-hybridized carbons (Fsp3) is 0.333. The van der Waals surface area contributed by atoms with Crippen molar-refractivity contribution in [2.24, 2.45) is 0 Å². The number of furan rings is 1. The molecule has 2 N–H and O–H groups in total. The van der Waals surface area contributed by atoms with E-state index in [1.807, 2.05) is 0 Å². The summed E-state index contributed by atoms with van der Waals surface area (Å²) >= 11 is 2.99. The van der Waals surface area contributed by atoms with Gasteiger partial charge in [-0.3, -0.25) is 0 Å². The summed E-state index contributed by atoms with van der Waals surface area (Å²) < 4.78 is 36.1. The van der Waals surface area contributed by atoms with Crippen LogP contribution in [0.5, 0.6) is 0 Å². The molecule has 0 saturated carbocycles. The minimum Gasteiger partial charge on any atom is -0.450 e. The van der Waals surface area contributed by atoms with Crippen LogP contribution in [0.2, 0.25) is 0 Å². The average Bonchev–Trinajstić information content (AvgIpc) is 2.98. The second-order valence-electron chi connectivity index (χ2n) is 3.49. The predicted molar refractivity (Wildman–Crippen MR) is 65.5 cm³/mol. The van der Waals surface area contributed by atoms with Crippen LogP contribution in [0.15, 0.2) is 30.9 Å². The van der Waals surface area contributed by atoms with Crippen LogP contribution in [-0.2, 0) is 23.1 Å². The van der Waals surface area contributed by atoms with E-state index in [1.54, 1.807) is 0 Å². The van der Waals surface area contributed by atoms with Crippen LogP contribution < -0.4 is 4.72 Å². The molecule has 0 spiro atoms. The van der Waals surface area contributed by atoms with E-state index in [9.17, 15) is 8.42 Å². The van der Waals surface area contributed by atoms with Crippen LogP contribution in [0.3, 0.4) is 0 Å². The van der Waals surface area contributed by atoms with Gasteiger partial charge in [-0.2, -0.15) is 4.98 Å². The van der Waals surface area contributed by atoms with Crippen molar-refractivity contribution in [3.63, 3.8) is 0 Å². The smallest absolute Gasteiger partial charge is 0.244 e. The van der Waals surface area contributed by atoms with E-state index in [-0.39, 0.29) is 34.9 Å². The summed E-state index contributed by atoms with van der Waals surface area (Å²) in [4.78, 5) is 3.70. The average molecular weight is 352 g/mol. The molecule has 0 saturated heterocycles. The summed E-state index contributed by atoms with van der Waals surface area (Å²) in [7, 11) is -3.73. The first kappa shape index (κ1) is 14.2. The fourth-order valence-corrected chi connectivity index (χ4v) is 3.36. The number of nitrogens with zero attached hydrogens (tertiary/aromatic N) is 2. The molecule has 2 aromatic rings. The lowest BCUT2D eigenvalue weighted by Gasteiger charge is -2.02. The van der Waals surface area contributed by atoms with E-state index in [4.69, 9.17) is 14.0 Å². The number of rotatable bonds is 6. The summed E-state index contributed by atoms with van der Waals surface area (Å²) in [6.45, 7) is -0.271.